The summed E-state index contributed by atoms with van der Waals surface area (Å²) in [5.41, 5.74) is 1.63. The molecule has 2 fully saturated rings. The van der Waals surface area contributed by atoms with Crippen molar-refractivity contribution >= 4 is 11.9 Å². The summed E-state index contributed by atoms with van der Waals surface area (Å²) in [7, 11) is 3.26. The molecule has 0 spiro atoms. The Labute approximate surface area is 234 Å². The Morgan fingerprint density at radius 3 is 2.33 bits per heavy atom. The average molecular weight is 535 g/mol. The van der Waals surface area contributed by atoms with Crippen molar-refractivity contribution in [2.75, 3.05) is 33.9 Å². The number of nitrogens with one attached hydrogen (secondary N) is 1. The number of ether oxygens (including phenoxy) is 2. The standard InChI is InChI=1S/C32H46N4O3/c1-23(2)34(24(3)4)21-18-32(26-12-8-7-9-13-26)29-14-10-11-19-35(29)31(37)36(30(32)33)20-17-25-15-16-27(38-5)28(22-25)39-6/h7-9,12-13,15-16,22-24,29,33H,10-11,14,17-21H2,1-6H3. The fourth-order valence-electron chi connectivity index (χ4n) is 6.72. The van der Waals surface area contributed by atoms with Crippen molar-refractivity contribution in [2.24, 2.45) is 0 Å². The van der Waals surface area contributed by atoms with E-state index in [4.69, 9.17) is 9.47 Å². The van der Waals surface area contributed by atoms with E-state index in [1.165, 1.54) is 0 Å². The maximum absolute atomic E-state index is 13.9. The van der Waals surface area contributed by atoms with Gasteiger partial charge in [-0.1, -0.05) is 36.4 Å². The molecule has 0 aliphatic carbocycles. The number of fused-ring (bicyclic) bond motifs is 1. The molecule has 2 aromatic rings. The molecule has 1 N–H and O–H groups in total. The predicted octanol–water partition coefficient (Wildman–Crippen LogP) is 5.96. The van der Waals surface area contributed by atoms with Gasteiger partial charge in [-0.2, -0.15) is 0 Å². The van der Waals surface area contributed by atoms with E-state index >= 15 is 0 Å². The first kappa shape index (κ1) is 28.9. The van der Waals surface area contributed by atoms with E-state index in [0.717, 1.165) is 49.9 Å². The summed E-state index contributed by atoms with van der Waals surface area (Å²) in [5.74, 6) is 1.80. The van der Waals surface area contributed by atoms with E-state index in [0.29, 0.717) is 42.4 Å². The molecule has 39 heavy (non-hydrogen) atoms. The Kier molecular flexibility index (Phi) is 9.21. The monoisotopic (exact) mass is 534 g/mol. The smallest absolute Gasteiger partial charge is 0.325 e. The van der Waals surface area contributed by atoms with Gasteiger partial charge in [-0.05, 0) is 83.1 Å². The van der Waals surface area contributed by atoms with Gasteiger partial charge in [0, 0.05) is 31.7 Å². The first-order chi connectivity index (χ1) is 18.7. The number of benzene rings is 2. The van der Waals surface area contributed by atoms with Crippen LogP contribution >= 0.6 is 0 Å². The number of piperidine rings is 1. The molecule has 7 nitrogen and oxygen atoms in total. The zero-order chi connectivity index (χ0) is 28.2. The number of methoxy groups -OCH3 is 2. The van der Waals surface area contributed by atoms with Crippen LogP contribution in [0.4, 0.5) is 4.79 Å². The molecular formula is C32H46N4O3. The van der Waals surface area contributed by atoms with E-state index < -0.39 is 5.41 Å². The van der Waals surface area contributed by atoms with Crippen molar-refractivity contribution in [3.63, 3.8) is 0 Å². The molecule has 7 heteroatoms. The predicted molar refractivity (Wildman–Crippen MR) is 157 cm³/mol. The van der Waals surface area contributed by atoms with E-state index in [9.17, 15) is 10.2 Å². The van der Waals surface area contributed by atoms with Crippen LogP contribution in [-0.4, -0.2) is 78.5 Å². The Morgan fingerprint density at radius 2 is 1.69 bits per heavy atom. The molecule has 2 aromatic carbocycles. The van der Waals surface area contributed by atoms with Gasteiger partial charge in [0.1, 0.15) is 5.84 Å². The van der Waals surface area contributed by atoms with Crippen molar-refractivity contribution in [3.8, 4) is 11.5 Å². The molecular weight excluding hydrogens is 488 g/mol. The summed E-state index contributed by atoms with van der Waals surface area (Å²) in [6.07, 6.45) is 4.44. The summed E-state index contributed by atoms with van der Waals surface area (Å²) >= 11 is 0. The van der Waals surface area contributed by atoms with Gasteiger partial charge in [0.2, 0.25) is 0 Å². The molecule has 2 aliphatic rings. The molecule has 0 aromatic heterocycles. The molecule has 0 radical (unpaired) electrons. The van der Waals surface area contributed by atoms with Gasteiger partial charge in [0.15, 0.2) is 11.5 Å². The highest BCUT2D eigenvalue weighted by molar-refractivity contribution is 6.05. The van der Waals surface area contributed by atoms with Gasteiger partial charge >= 0.3 is 6.03 Å². The lowest BCUT2D eigenvalue weighted by Gasteiger charge is -2.56. The molecule has 2 atom stereocenters. The summed E-state index contributed by atoms with van der Waals surface area (Å²) in [4.78, 5) is 20.3. The topological polar surface area (TPSA) is 69.1 Å². The van der Waals surface area contributed by atoms with Gasteiger partial charge < -0.3 is 14.4 Å². The Morgan fingerprint density at radius 1 is 1.00 bits per heavy atom. The highest BCUT2D eigenvalue weighted by Crippen LogP contribution is 2.45. The van der Waals surface area contributed by atoms with E-state index in [2.05, 4.69) is 61.8 Å². The van der Waals surface area contributed by atoms with Crippen LogP contribution in [0.5, 0.6) is 11.5 Å². The van der Waals surface area contributed by atoms with Crippen molar-refractivity contribution in [1.82, 2.24) is 14.7 Å². The first-order valence-corrected chi connectivity index (χ1v) is 14.4. The van der Waals surface area contributed by atoms with Crippen LogP contribution in [0.1, 0.15) is 64.5 Å². The van der Waals surface area contributed by atoms with Gasteiger partial charge in [0.05, 0.1) is 25.7 Å². The van der Waals surface area contributed by atoms with E-state index in [1.54, 1.807) is 19.1 Å². The van der Waals surface area contributed by atoms with Crippen LogP contribution < -0.4 is 9.47 Å². The number of hydrogen-bond acceptors (Lipinski definition) is 5. The van der Waals surface area contributed by atoms with Crippen molar-refractivity contribution in [3.05, 3.63) is 59.7 Å². The summed E-state index contributed by atoms with van der Waals surface area (Å²) in [6, 6.07) is 17.2. The Hall–Kier alpha value is -3.06. The van der Waals surface area contributed by atoms with Crippen LogP contribution in [0.2, 0.25) is 0 Å². The van der Waals surface area contributed by atoms with Crippen LogP contribution in [0.25, 0.3) is 0 Å². The second kappa shape index (κ2) is 12.4. The van der Waals surface area contributed by atoms with Crippen LogP contribution in [0.3, 0.4) is 0 Å². The lowest BCUT2D eigenvalue weighted by Crippen LogP contribution is -2.70. The number of rotatable bonds is 11. The van der Waals surface area contributed by atoms with Crippen LogP contribution in [-0.2, 0) is 11.8 Å². The van der Waals surface area contributed by atoms with E-state index in [-0.39, 0.29) is 12.1 Å². The number of amides is 2. The minimum Gasteiger partial charge on any atom is -0.493 e. The minimum absolute atomic E-state index is 0.00726. The fraction of sp³-hybridized carbons (Fsp3) is 0.562. The number of amidine groups is 1. The number of carbonyl (C=O) groups is 1. The highest BCUT2D eigenvalue weighted by atomic mass is 16.5. The lowest BCUT2D eigenvalue weighted by molar-refractivity contribution is 0.0690. The van der Waals surface area contributed by atoms with Crippen LogP contribution in [0, 0.1) is 5.41 Å². The second-order valence-electron chi connectivity index (χ2n) is 11.4. The average Bonchev–Trinajstić information content (AvgIpc) is 2.94. The van der Waals surface area contributed by atoms with Crippen LogP contribution in [0.15, 0.2) is 48.5 Å². The number of urea groups is 1. The Balaban J connectivity index is 1.72. The molecule has 2 aliphatic heterocycles. The number of nitrogens with zero attached hydrogens (tertiary/aromatic N) is 3. The molecule has 212 valence electrons. The summed E-state index contributed by atoms with van der Waals surface area (Å²) in [5, 5.41) is 9.72. The third kappa shape index (κ3) is 5.65. The molecule has 2 amide bonds. The lowest BCUT2D eigenvalue weighted by atomic mass is 9.65. The van der Waals surface area contributed by atoms with Gasteiger partial charge in [-0.3, -0.25) is 15.2 Å². The second-order valence-corrected chi connectivity index (χ2v) is 11.4. The summed E-state index contributed by atoms with van der Waals surface area (Å²) in [6.45, 7) is 11.0. The molecule has 0 bridgehead atoms. The Bertz CT molecular complexity index is 1130. The number of hydrogen-bond donors (Lipinski definition) is 1. The van der Waals surface area contributed by atoms with Gasteiger partial charge in [0.25, 0.3) is 0 Å². The molecule has 4 rings (SSSR count). The normalized spacial score (nSPS) is 21.6. The zero-order valence-electron chi connectivity index (χ0n) is 24.6. The third-order valence-electron chi connectivity index (χ3n) is 8.69. The molecule has 2 saturated heterocycles. The highest BCUT2D eigenvalue weighted by Gasteiger charge is 2.55. The first-order valence-electron chi connectivity index (χ1n) is 14.4. The van der Waals surface area contributed by atoms with Crippen molar-refractivity contribution in [2.45, 2.75) is 83.3 Å². The van der Waals surface area contributed by atoms with E-state index in [1.807, 2.05) is 24.3 Å². The SMILES string of the molecule is COc1ccc(CCN2C(=N)C(CCN(C(C)C)C(C)C)(c3ccccc3)C3CCCCN3C2=O)cc1OC. The fourth-order valence-corrected chi connectivity index (χ4v) is 6.72. The van der Waals surface area contributed by atoms with Crippen molar-refractivity contribution < 1.29 is 14.3 Å². The zero-order valence-corrected chi connectivity index (χ0v) is 24.6. The quantitative estimate of drug-likeness (QED) is 0.386. The van der Waals surface area contributed by atoms with Gasteiger partial charge in [-0.15, -0.1) is 0 Å². The maximum Gasteiger partial charge on any atom is 0.325 e. The van der Waals surface area contributed by atoms with Crippen molar-refractivity contribution in [1.29, 1.82) is 5.41 Å². The molecule has 2 unspecified atom stereocenters. The molecule has 2 heterocycles. The summed E-state index contributed by atoms with van der Waals surface area (Å²) < 4.78 is 10.9. The maximum atomic E-state index is 13.9. The molecule has 0 saturated carbocycles. The number of carbonyl (C=O) groups excluding carboxylic acids is 1. The third-order valence-corrected chi connectivity index (χ3v) is 8.69. The minimum atomic E-state index is -0.560. The largest absolute Gasteiger partial charge is 0.493 e. The van der Waals surface area contributed by atoms with Gasteiger partial charge in [-0.25, -0.2) is 4.79 Å².